The van der Waals surface area contributed by atoms with E-state index in [-0.39, 0.29) is 23.5 Å². The number of amides is 2. The number of aryl methyl sites for hydroxylation is 1. The number of piperidine rings is 1. The average molecular weight is 560 g/mol. The molecule has 0 bridgehead atoms. The van der Waals surface area contributed by atoms with Crippen LogP contribution in [0.15, 0.2) is 66.7 Å². The lowest BCUT2D eigenvalue weighted by atomic mass is 9.72. The lowest BCUT2D eigenvalue weighted by Gasteiger charge is -2.43. The zero-order valence-electron chi connectivity index (χ0n) is 24.4. The first-order valence-corrected chi connectivity index (χ1v) is 14.6. The summed E-state index contributed by atoms with van der Waals surface area (Å²) in [7, 11) is 1.88. The molecule has 3 aromatic carbocycles. The molecule has 1 aliphatic heterocycles. The molecule has 3 N–H and O–H groups in total. The fourth-order valence-electron chi connectivity index (χ4n) is 6.01. The van der Waals surface area contributed by atoms with Crippen LogP contribution in [-0.2, 0) is 23.4 Å². The van der Waals surface area contributed by atoms with Crippen molar-refractivity contribution in [2.45, 2.75) is 58.1 Å². The van der Waals surface area contributed by atoms with E-state index in [1.807, 2.05) is 66.5 Å². The highest BCUT2D eigenvalue weighted by Crippen LogP contribution is 2.44. The largest absolute Gasteiger partial charge is 0.385 e. The molecule has 0 saturated carbocycles. The molecule has 2 amide bonds. The maximum absolute atomic E-state index is 15.6. The quantitative estimate of drug-likeness (QED) is 0.274. The number of hydrogen-bond donors (Lipinski definition) is 3. The van der Waals surface area contributed by atoms with Gasteiger partial charge in [0.05, 0.1) is 5.60 Å². The van der Waals surface area contributed by atoms with E-state index in [1.165, 1.54) is 13.0 Å². The summed E-state index contributed by atoms with van der Waals surface area (Å²) in [5.74, 6) is -0.898. The molecule has 7 heteroatoms. The molecule has 2 atom stereocenters. The van der Waals surface area contributed by atoms with Crippen LogP contribution in [0.1, 0.15) is 66.6 Å². The van der Waals surface area contributed by atoms with Crippen LogP contribution in [0.25, 0.3) is 11.1 Å². The fraction of sp³-hybridized carbons (Fsp3) is 0.412. The SMILES string of the molecule is CCc1cccc(-c2c(F)cccc2[C@](O)(CCCNC(C)=O)[C@@H]2CCCN(C(=O)c3ccc(CNC)cc3)C2)c1. The molecule has 4 rings (SSSR count). The van der Waals surface area contributed by atoms with E-state index >= 15 is 4.39 Å². The molecular formula is C34H42FN3O3. The second-order valence-electron chi connectivity index (χ2n) is 11.0. The third-order valence-electron chi connectivity index (χ3n) is 8.18. The predicted octanol–water partition coefficient (Wildman–Crippen LogP) is 5.43. The minimum Gasteiger partial charge on any atom is -0.385 e. The molecule has 6 nitrogen and oxygen atoms in total. The Hall–Kier alpha value is -3.55. The van der Waals surface area contributed by atoms with Gasteiger partial charge >= 0.3 is 0 Å². The van der Waals surface area contributed by atoms with E-state index < -0.39 is 5.60 Å². The van der Waals surface area contributed by atoms with E-state index in [4.69, 9.17) is 0 Å². The molecule has 0 aromatic heterocycles. The smallest absolute Gasteiger partial charge is 0.253 e. The van der Waals surface area contributed by atoms with Crippen molar-refractivity contribution in [3.63, 3.8) is 0 Å². The third-order valence-corrected chi connectivity index (χ3v) is 8.18. The maximum atomic E-state index is 15.6. The van der Waals surface area contributed by atoms with Gasteiger partial charge in [-0.1, -0.05) is 55.5 Å². The summed E-state index contributed by atoms with van der Waals surface area (Å²) in [6, 6.07) is 20.3. The molecule has 3 aromatic rings. The van der Waals surface area contributed by atoms with Crippen LogP contribution >= 0.6 is 0 Å². The van der Waals surface area contributed by atoms with Crippen LogP contribution in [0.2, 0.25) is 0 Å². The van der Waals surface area contributed by atoms with Crippen molar-refractivity contribution in [2.75, 3.05) is 26.7 Å². The summed E-state index contributed by atoms with van der Waals surface area (Å²) in [5.41, 5.74) is 3.04. The number of halogens is 1. The summed E-state index contributed by atoms with van der Waals surface area (Å²) >= 11 is 0. The molecule has 1 saturated heterocycles. The topological polar surface area (TPSA) is 81.7 Å². The van der Waals surface area contributed by atoms with Crippen molar-refractivity contribution < 1.29 is 19.1 Å². The van der Waals surface area contributed by atoms with Gasteiger partial charge in [-0.3, -0.25) is 9.59 Å². The van der Waals surface area contributed by atoms with Crippen molar-refractivity contribution in [3.05, 3.63) is 94.8 Å². The molecule has 1 aliphatic rings. The van der Waals surface area contributed by atoms with Crippen LogP contribution in [0.4, 0.5) is 4.39 Å². The van der Waals surface area contributed by atoms with E-state index in [1.54, 1.807) is 6.07 Å². The highest BCUT2D eigenvalue weighted by molar-refractivity contribution is 5.94. The fourth-order valence-corrected chi connectivity index (χ4v) is 6.01. The van der Waals surface area contributed by atoms with Crippen LogP contribution in [0.5, 0.6) is 0 Å². The first-order chi connectivity index (χ1) is 19.8. The number of carbonyl (C=O) groups excluding carboxylic acids is 2. The predicted molar refractivity (Wildman–Crippen MR) is 161 cm³/mol. The third kappa shape index (κ3) is 7.21. The standard InChI is InChI=1S/C34H42FN3O3/c1-4-25-9-5-10-28(21-25)32-30(12-6-13-31(32)35)34(41,18-8-19-37-24(2)39)29-11-7-20-38(23-29)33(40)27-16-14-26(15-17-27)22-36-3/h5-6,9-10,12-17,21,29,36,41H,4,7-8,11,18-20,22-23H2,1-3H3,(H,37,39)/t29-,34+/m1/s1. The lowest BCUT2D eigenvalue weighted by molar-refractivity contribution is -0.119. The summed E-state index contributed by atoms with van der Waals surface area (Å²) in [4.78, 5) is 26.9. The minimum absolute atomic E-state index is 0.0681. The van der Waals surface area contributed by atoms with Crippen molar-refractivity contribution in [3.8, 4) is 11.1 Å². The zero-order chi connectivity index (χ0) is 29.4. The maximum Gasteiger partial charge on any atom is 0.253 e. The highest BCUT2D eigenvalue weighted by Gasteiger charge is 2.43. The molecule has 1 fully saturated rings. The Bertz CT molecular complexity index is 1340. The number of nitrogens with one attached hydrogen (secondary N) is 2. The molecule has 0 aliphatic carbocycles. The number of hydrogen-bond acceptors (Lipinski definition) is 4. The van der Waals surface area contributed by atoms with Crippen LogP contribution < -0.4 is 10.6 Å². The van der Waals surface area contributed by atoms with Crippen molar-refractivity contribution in [1.29, 1.82) is 0 Å². The zero-order valence-corrected chi connectivity index (χ0v) is 24.4. The van der Waals surface area contributed by atoms with Crippen LogP contribution in [0, 0.1) is 11.7 Å². The van der Waals surface area contributed by atoms with Gasteiger partial charge < -0.3 is 20.6 Å². The second kappa shape index (κ2) is 13.9. The van der Waals surface area contributed by atoms with Gasteiger partial charge in [0, 0.05) is 50.1 Å². The summed E-state index contributed by atoms with van der Waals surface area (Å²) in [5, 5.41) is 18.5. The number of benzene rings is 3. The Morgan fingerprint density at radius 2 is 1.83 bits per heavy atom. The molecule has 0 radical (unpaired) electrons. The Balaban J connectivity index is 1.69. The molecule has 0 unspecified atom stereocenters. The van der Waals surface area contributed by atoms with E-state index in [9.17, 15) is 14.7 Å². The molecule has 41 heavy (non-hydrogen) atoms. The van der Waals surface area contributed by atoms with Gasteiger partial charge in [-0.15, -0.1) is 0 Å². The molecule has 1 heterocycles. The first kappa shape index (κ1) is 30.4. The Morgan fingerprint density at radius 1 is 1.07 bits per heavy atom. The van der Waals surface area contributed by atoms with Crippen molar-refractivity contribution in [1.82, 2.24) is 15.5 Å². The van der Waals surface area contributed by atoms with Crippen molar-refractivity contribution >= 4 is 11.8 Å². The Morgan fingerprint density at radius 3 is 2.54 bits per heavy atom. The summed E-state index contributed by atoms with van der Waals surface area (Å²) in [6.07, 6.45) is 3.08. The van der Waals surface area contributed by atoms with Gasteiger partial charge in [-0.05, 0) is 79.6 Å². The van der Waals surface area contributed by atoms with E-state index in [0.717, 1.165) is 36.1 Å². The van der Waals surface area contributed by atoms with Crippen LogP contribution in [0.3, 0.4) is 0 Å². The van der Waals surface area contributed by atoms with Crippen LogP contribution in [-0.4, -0.2) is 48.5 Å². The number of aliphatic hydroxyl groups is 1. The number of likely N-dealkylation sites (tertiary alicyclic amines) is 1. The number of rotatable bonds is 11. The summed E-state index contributed by atoms with van der Waals surface area (Å²) in [6.45, 7) is 5.61. The second-order valence-corrected chi connectivity index (χ2v) is 11.0. The number of carbonyl (C=O) groups is 2. The molecule has 0 spiro atoms. The van der Waals surface area contributed by atoms with Gasteiger partial charge in [-0.2, -0.15) is 0 Å². The van der Waals surface area contributed by atoms with Gasteiger partial charge in [-0.25, -0.2) is 4.39 Å². The van der Waals surface area contributed by atoms with E-state index in [0.29, 0.717) is 55.6 Å². The van der Waals surface area contributed by atoms with Gasteiger partial charge in [0.25, 0.3) is 5.91 Å². The monoisotopic (exact) mass is 559 g/mol. The summed E-state index contributed by atoms with van der Waals surface area (Å²) < 4.78 is 15.6. The highest BCUT2D eigenvalue weighted by atomic mass is 19.1. The average Bonchev–Trinajstić information content (AvgIpc) is 2.99. The van der Waals surface area contributed by atoms with E-state index in [2.05, 4.69) is 17.6 Å². The first-order valence-electron chi connectivity index (χ1n) is 14.6. The van der Waals surface area contributed by atoms with Crippen molar-refractivity contribution in [2.24, 2.45) is 5.92 Å². The Labute approximate surface area is 243 Å². The minimum atomic E-state index is -1.41. The van der Waals surface area contributed by atoms with Gasteiger partial charge in [0.1, 0.15) is 5.82 Å². The number of nitrogens with zero attached hydrogens (tertiary/aromatic N) is 1. The lowest BCUT2D eigenvalue weighted by Crippen LogP contribution is -2.48. The van der Waals surface area contributed by atoms with Gasteiger partial charge in [0.15, 0.2) is 0 Å². The Kier molecular flexibility index (Phi) is 10.3. The van der Waals surface area contributed by atoms with Gasteiger partial charge in [0.2, 0.25) is 5.91 Å². The molecular weight excluding hydrogens is 517 g/mol. The molecule has 218 valence electrons. The normalized spacial score (nSPS) is 16.7.